The fourth-order valence-electron chi connectivity index (χ4n) is 0.766. The van der Waals surface area contributed by atoms with Gasteiger partial charge in [0.05, 0.1) is 5.84 Å². The number of amidine groups is 1. The van der Waals surface area contributed by atoms with Crippen molar-refractivity contribution >= 4 is 5.84 Å². The van der Waals surface area contributed by atoms with Gasteiger partial charge in [-0.1, -0.05) is 6.92 Å². The number of hydrogen-bond donors (Lipinski definition) is 2. The molecule has 0 aromatic carbocycles. The highest BCUT2D eigenvalue weighted by Crippen LogP contribution is 1.95. The molecule has 0 aromatic heterocycles. The summed E-state index contributed by atoms with van der Waals surface area (Å²) in [6.45, 7) is 3.75. The van der Waals surface area contributed by atoms with Crippen LogP contribution < -0.4 is 5.73 Å². The van der Waals surface area contributed by atoms with Crippen LogP contribution in [0.3, 0.4) is 0 Å². The Morgan fingerprint density at radius 2 is 2.09 bits per heavy atom. The van der Waals surface area contributed by atoms with Gasteiger partial charge in [-0.15, -0.1) is 0 Å². The Labute approximate surface area is 68.4 Å². The molecule has 0 unspecified atom stereocenters. The smallest absolute Gasteiger partial charge is 0.0905 e. The zero-order valence-corrected chi connectivity index (χ0v) is 7.23. The van der Waals surface area contributed by atoms with Crippen molar-refractivity contribution in [2.75, 3.05) is 13.2 Å². The van der Waals surface area contributed by atoms with Crippen LogP contribution in [0.15, 0.2) is 0 Å². The molecule has 0 aliphatic rings. The summed E-state index contributed by atoms with van der Waals surface area (Å²) in [5.74, 6) is 0.278. The molecule has 0 fully saturated rings. The molecule has 0 heterocycles. The number of unbranched alkanes of at least 4 members (excludes halogenated alkanes) is 1. The third-order valence-corrected chi connectivity index (χ3v) is 1.33. The van der Waals surface area contributed by atoms with Gasteiger partial charge in [0, 0.05) is 19.6 Å². The van der Waals surface area contributed by atoms with E-state index in [1.807, 2.05) is 0 Å². The van der Waals surface area contributed by atoms with Gasteiger partial charge in [0.1, 0.15) is 0 Å². The van der Waals surface area contributed by atoms with E-state index in [2.05, 4.69) is 6.92 Å². The van der Waals surface area contributed by atoms with Crippen LogP contribution in [0.25, 0.3) is 0 Å². The Morgan fingerprint density at radius 3 is 2.64 bits per heavy atom. The summed E-state index contributed by atoms with van der Waals surface area (Å²) in [7, 11) is 0. The van der Waals surface area contributed by atoms with Crippen molar-refractivity contribution in [2.45, 2.75) is 32.6 Å². The molecule has 0 amide bonds. The lowest BCUT2D eigenvalue weighted by Crippen LogP contribution is -2.09. The van der Waals surface area contributed by atoms with Crippen LogP contribution in [0.2, 0.25) is 0 Å². The van der Waals surface area contributed by atoms with Crippen molar-refractivity contribution < 1.29 is 4.74 Å². The average Bonchev–Trinajstić information content (AvgIpc) is 1.96. The number of ether oxygens (including phenoxy) is 1. The van der Waals surface area contributed by atoms with E-state index in [4.69, 9.17) is 15.9 Å². The molecule has 0 aliphatic heterocycles. The average molecular weight is 158 g/mol. The third-order valence-electron chi connectivity index (χ3n) is 1.33. The first-order valence-corrected chi connectivity index (χ1v) is 4.18. The van der Waals surface area contributed by atoms with Crippen LogP contribution in [0.1, 0.15) is 32.6 Å². The second-order valence-electron chi connectivity index (χ2n) is 2.59. The number of nitrogens with one attached hydrogen (secondary N) is 1. The summed E-state index contributed by atoms with van der Waals surface area (Å²) < 4.78 is 5.25. The molecule has 0 rings (SSSR count). The van der Waals surface area contributed by atoms with Gasteiger partial charge in [-0.25, -0.2) is 0 Å². The molecule has 3 heteroatoms. The molecule has 0 aliphatic carbocycles. The van der Waals surface area contributed by atoms with Gasteiger partial charge >= 0.3 is 0 Å². The molecule has 0 saturated carbocycles. The van der Waals surface area contributed by atoms with Crippen LogP contribution in [-0.2, 0) is 4.74 Å². The van der Waals surface area contributed by atoms with Crippen molar-refractivity contribution in [2.24, 2.45) is 5.73 Å². The maximum absolute atomic E-state index is 6.95. The standard InChI is InChI=1S/C8H18N2O/c1-2-6-11-7-4-3-5-8(9)10/h2-7H2,1H3,(H3,9,10). The maximum atomic E-state index is 6.95. The fraction of sp³-hybridized carbons (Fsp3) is 0.875. The Hall–Kier alpha value is -0.570. The van der Waals surface area contributed by atoms with E-state index in [9.17, 15) is 0 Å². The monoisotopic (exact) mass is 158 g/mol. The fourth-order valence-corrected chi connectivity index (χ4v) is 0.766. The first-order valence-electron chi connectivity index (χ1n) is 4.18. The highest BCUT2D eigenvalue weighted by molar-refractivity contribution is 5.76. The quantitative estimate of drug-likeness (QED) is 0.335. The predicted molar refractivity (Wildman–Crippen MR) is 46.9 cm³/mol. The SMILES string of the molecule is CCCOCCCCC(=N)N. The molecular formula is C8H18N2O. The zero-order chi connectivity index (χ0) is 8.53. The molecule has 3 nitrogen and oxygen atoms in total. The summed E-state index contributed by atoms with van der Waals surface area (Å²) in [6.07, 6.45) is 3.76. The summed E-state index contributed by atoms with van der Waals surface area (Å²) in [5, 5.41) is 6.95. The summed E-state index contributed by atoms with van der Waals surface area (Å²) in [5.41, 5.74) is 5.18. The Balaban J connectivity index is 2.85. The van der Waals surface area contributed by atoms with Gasteiger partial charge in [-0.3, -0.25) is 5.41 Å². The lowest BCUT2D eigenvalue weighted by molar-refractivity contribution is 0.131. The lowest BCUT2D eigenvalue weighted by Gasteiger charge is -2.00. The Morgan fingerprint density at radius 1 is 1.36 bits per heavy atom. The first-order chi connectivity index (χ1) is 5.27. The van der Waals surface area contributed by atoms with Gasteiger partial charge in [0.15, 0.2) is 0 Å². The minimum absolute atomic E-state index is 0.278. The van der Waals surface area contributed by atoms with E-state index < -0.39 is 0 Å². The van der Waals surface area contributed by atoms with E-state index in [0.717, 1.165) is 32.5 Å². The number of rotatable bonds is 7. The van der Waals surface area contributed by atoms with Crippen molar-refractivity contribution in [3.8, 4) is 0 Å². The highest BCUT2D eigenvalue weighted by Gasteiger charge is 1.90. The van der Waals surface area contributed by atoms with E-state index in [0.29, 0.717) is 6.42 Å². The van der Waals surface area contributed by atoms with Crippen LogP contribution in [0.5, 0.6) is 0 Å². The van der Waals surface area contributed by atoms with Gasteiger partial charge < -0.3 is 10.5 Å². The maximum Gasteiger partial charge on any atom is 0.0905 e. The molecule has 0 atom stereocenters. The molecular weight excluding hydrogens is 140 g/mol. The van der Waals surface area contributed by atoms with Crippen molar-refractivity contribution in [1.29, 1.82) is 5.41 Å². The van der Waals surface area contributed by atoms with Crippen LogP contribution in [0.4, 0.5) is 0 Å². The molecule has 11 heavy (non-hydrogen) atoms. The van der Waals surface area contributed by atoms with E-state index >= 15 is 0 Å². The minimum atomic E-state index is 0.278. The van der Waals surface area contributed by atoms with E-state index in [1.54, 1.807) is 0 Å². The van der Waals surface area contributed by atoms with Crippen LogP contribution in [0, 0.1) is 5.41 Å². The third kappa shape index (κ3) is 9.43. The van der Waals surface area contributed by atoms with Crippen molar-refractivity contribution in [3.63, 3.8) is 0 Å². The second kappa shape index (κ2) is 7.54. The number of hydrogen-bond acceptors (Lipinski definition) is 2. The van der Waals surface area contributed by atoms with Gasteiger partial charge in [0.25, 0.3) is 0 Å². The molecule has 0 bridgehead atoms. The Kier molecular flexibility index (Phi) is 7.15. The predicted octanol–water partition coefficient (Wildman–Crippen LogP) is 1.52. The second-order valence-corrected chi connectivity index (χ2v) is 2.59. The van der Waals surface area contributed by atoms with E-state index in [-0.39, 0.29) is 5.84 Å². The number of nitrogens with two attached hydrogens (primary N) is 1. The van der Waals surface area contributed by atoms with Gasteiger partial charge in [-0.05, 0) is 19.3 Å². The van der Waals surface area contributed by atoms with Crippen molar-refractivity contribution in [1.82, 2.24) is 0 Å². The molecule has 0 radical (unpaired) electrons. The first kappa shape index (κ1) is 10.4. The largest absolute Gasteiger partial charge is 0.388 e. The normalized spacial score (nSPS) is 9.91. The zero-order valence-electron chi connectivity index (χ0n) is 7.23. The summed E-state index contributed by atoms with van der Waals surface area (Å²) >= 11 is 0. The molecule has 3 N–H and O–H groups in total. The van der Waals surface area contributed by atoms with E-state index in [1.165, 1.54) is 0 Å². The molecule has 0 saturated heterocycles. The summed E-state index contributed by atoms with van der Waals surface area (Å²) in [6, 6.07) is 0. The van der Waals surface area contributed by atoms with Crippen LogP contribution >= 0.6 is 0 Å². The molecule has 66 valence electrons. The van der Waals surface area contributed by atoms with Crippen LogP contribution in [-0.4, -0.2) is 19.0 Å². The summed E-state index contributed by atoms with van der Waals surface area (Å²) in [4.78, 5) is 0. The van der Waals surface area contributed by atoms with Crippen molar-refractivity contribution in [3.05, 3.63) is 0 Å². The minimum Gasteiger partial charge on any atom is -0.388 e. The Bertz CT molecular complexity index is 104. The van der Waals surface area contributed by atoms with Gasteiger partial charge in [0.2, 0.25) is 0 Å². The van der Waals surface area contributed by atoms with Gasteiger partial charge in [-0.2, -0.15) is 0 Å². The molecule has 0 aromatic rings. The molecule has 0 spiro atoms. The highest BCUT2D eigenvalue weighted by atomic mass is 16.5. The lowest BCUT2D eigenvalue weighted by atomic mass is 10.2. The topological polar surface area (TPSA) is 59.1 Å².